The van der Waals surface area contributed by atoms with E-state index in [1.165, 1.54) is 35.6 Å². The maximum absolute atomic E-state index is 13.5. The van der Waals surface area contributed by atoms with E-state index in [1.807, 2.05) is 36.6 Å². The normalized spacial score (nSPS) is 10.9. The van der Waals surface area contributed by atoms with Crippen molar-refractivity contribution in [2.45, 2.75) is 6.92 Å². The molecule has 2 aromatic carbocycles. The van der Waals surface area contributed by atoms with Crippen molar-refractivity contribution in [2.24, 2.45) is 0 Å². The number of fused-ring (bicyclic) bond motifs is 1. The number of thiazole rings is 1. The van der Waals surface area contributed by atoms with E-state index >= 15 is 0 Å². The van der Waals surface area contributed by atoms with E-state index in [0.717, 1.165) is 17.0 Å². The molecule has 7 heteroatoms. The third kappa shape index (κ3) is 3.44. The topological polar surface area (TPSA) is 72.3 Å². The summed E-state index contributed by atoms with van der Waals surface area (Å²) in [6, 6.07) is 13.0. The lowest BCUT2D eigenvalue weighted by Crippen LogP contribution is -2.00. The fourth-order valence-corrected chi connectivity index (χ4v) is 3.69. The third-order valence-electron chi connectivity index (χ3n) is 4.19. The molecule has 0 saturated carbocycles. The minimum atomic E-state index is -1.14. The van der Waals surface area contributed by atoms with Crippen LogP contribution in [-0.4, -0.2) is 27.7 Å². The lowest BCUT2D eigenvalue weighted by Gasteiger charge is -2.05. The van der Waals surface area contributed by atoms with Crippen LogP contribution in [0, 0.1) is 5.82 Å². The molecule has 140 valence electrons. The molecule has 0 amide bonds. The van der Waals surface area contributed by atoms with Crippen LogP contribution in [0.5, 0.6) is 5.75 Å². The van der Waals surface area contributed by atoms with E-state index in [0.29, 0.717) is 22.8 Å². The summed E-state index contributed by atoms with van der Waals surface area (Å²) in [7, 11) is 0. The van der Waals surface area contributed by atoms with Crippen LogP contribution in [0.25, 0.3) is 32.9 Å². The highest BCUT2D eigenvalue weighted by atomic mass is 32.1. The smallest absolute Gasteiger partial charge is 0.336 e. The van der Waals surface area contributed by atoms with Gasteiger partial charge in [-0.05, 0) is 55.5 Å². The Hall–Kier alpha value is -3.32. The summed E-state index contributed by atoms with van der Waals surface area (Å²) >= 11 is 1.37. The number of halogens is 1. The van der Waals surface area contributed by atoms with E-state index in [2.05, 4.69) is 9.97 Å². The molecule has 0 saturated heterocycles. The van der Waals surface area contributed by atoms with Crippen LogP contribution in [0.1, 0.15) is 17.3 Å². The molecule has 4 aromatic rings. The van der Waals surface area contributed by atoms with Gasteiger partial charge in [-0.1, -0.05) is 0 Å². The highest BCUT2D eigenvalue weighted by Crippen LogP contribution is 2.31. The molecule has 0 radical (unpaired) electrons. The van der Waals surface area contributed by atoms with Crippen molar-refractivity contribution in [3.8, 4) is 27.7 Å². The second-order valence-corrected chi connectivity index (χ2v) is 6.88. The molecule has 1 N–H and O–H groups in total. The summed E-state index contributed by atoms with van der Waals surface area (Å²) < 4.78 is 19.0. The molecule has 5 nitrogen and oxygen atoms in total. The summed E-state index contributed by atoms with van der Waals surface area (Å²) in [5.74, 6) is -0.852. The second kappa shape index (κ2) is 7.36. The predicted octanol–water partition coefficient (Wildman–Crippen LogP) is 5.26. The molecule has 28 heavy (non-hydrogen) atoms. The molecule has 0 fully saturated rings. The van der Waals surface area contributed by atoms with Gasteiger partial charge in [0.15, 0.2) is 0 Å². The van der Waals surface area contributed by atoms with E-state index in [1.54, 1.807) is 0 Å². The van der Waals surface area contributed by atoms with Crippen molar-refractivity contribution in [3.63, 3.8) is 0 Å². The number of hydrogen-bond acceptors (Lipinski definition) is 5. The van der Waals surface area contributed by atoms with E-state index < -0.39 is 11.8 Å². The van der Waals surface area contributed by atoms with Gasteiger partial charge in [0.2, 0.25) is 0 Å². The van der Waals surface area contributed by atoms with Crippen LogP contribution in [0.2, 0.25) is 0 Å². The van der Waals surface area contributed by atoms with Crippen molar-refractivity contribution in [1.82, 2.24) is 9.97 Å². The predicted molar refractivity (Wildman–Crippen MR) is 106 cm³/mol. The van der Waals surface area contributed by atoms with E-state index in [-0.39, 0.29) is 10.9 Å². The minimum Gasteiger partial charge on any atom is -0.494 e. The summed E-state index contributed by atoms with van der Waals surface area (Å²) in [5, 5.41) is 12.3. The summed E-state index contributed by atoms with van der Waals surface area (Å²) in [5.41, 5.74) is 2.54. The maximum atomic E-state index is 13.5. The van der Waals surface area contributed by atoms with Gasteiger partial charge in [0.05, 0.1) is 23.4 Å². The Kier molecular flexibility index (Phi) is 4.75. The van der Waals surface area contributed by atoms with Crippen molar-refractivity contribution >= 4 is 28.2 Å². The highest BCUT2D eigenvalue weighted by molar-refractivity contribution is 7.13. The number of pyridine rings is 1. The molecule has 0 aliphatic heterocycles. The number of hydrogen-bond donors (Lipinski definition) is 1. The van der Waals surface area contributed by atoms with Crippen molar-refractivity contribution in [2.75, 3.05) is 6.61 Å². The first-order chi connectivity index (χ1) is 13.5. The summed E-state index contributed by atoms with van der Waals surface area (Å²) in [6.07, 6.45) is 0. The Bertz CT molecular complexity index is 1170. The molecule has 0 unspecified atom stereocenters. The van der Waals surface area contributed by atoms with Gasteiger partial charge in [0.25, 0.3) is 0 Å². The van der Waals surface area contributed by atoms with Crippen molar-refractivity contribution in [3.05, 3.63) is 65.3 Å². The molecular formula is C21H15FN2O3S. The lowest BCUT2D eigenvalue weighted by atomic mass is 10.1. The molecule has 0 bridgehead atoms. The van der Waals surface area contributed by atoms with Crippen LogP contribution >= 0.6 is 11.3 Å². The first kappa shape index (κ1) is 18.1. The molecule has 2 heterocycles. The second-order valence-electron chi connectivity index (χ2n) is 6.02. The zero-order valence-corrected chi connectivity index (χ0v) is 15.7. The summed E-state index contributed by atoms with van der Waals surface area (Å²) in [6.45, 7) is 2.53. The number of carboxylic acid groups (broad SMARTS) is 1. The van der Waals surface area contributed by atoms with Crippen LogP contribution < -0.4 is 4.74 Å². The largest absolute Gasteiger partial charge is 0.494 e. The van der Waals surface area contributed by atoms with E-state index in [9.17, 15) is 14.3 Å². The molecular weight excluding hydrogens is 379 g/mol. The van der Waals surface area contributed by atoms with Gasteiger partial charge in [-0.3, -0.25) is 0 Å². The Morgan fingerprint density at radius 1 is 1.11 bits per heavy atom. The molecule has 4 rings (SSSR count). The number of aromatic nitrogens is 2. The van der Waals surface area contributed by atoms with Gasteiger partial charge in [0.1, 0.15) is 22.3 Å². The molecule has 0 aliphatic carbocycles. The average Bonchev–Trinajstić information content (AvgIpc) is 3.18. The van der Waals surface area contributed by atoms with Gasteiger partial charge in [-0.2, -0.15) is 0 Å². The fourth-order valence-electron chi connectivity index (χ4n) is 2.90. The van der Waals surface area contributed by atoms with Gasteiger partial charge in [-0.15, -0.1) is 11.3 Å². The van der Waals surface area contributed by atoms with E-state index in [4.69, 9.17) is 4.74 Å². The number of rotatable bonds is 5. The monoisotopic (exact) mass is 394 g/mol. The molecule has 2 aromatic heterocycles. The number of carboxylic acids is 1. The zero-order chi connectivity index (χ0) is 19.7. The Morgan fingerprint density at radius 2 is 1.89 bits per heavy atom. The molecule has 0 spiro atoms. The quantitative estimate of drug-likeness (QED) is 0.500. The van der Waals surface area contributed by atoms with Gasteiger partial charge in [-0.25, -0.2) is 19.2 Å². The molecule has 0 atom stereocenters. The number of carbonyl (C=O) groups is 1. The third-order valence-corrected chi connectivity index (χ3v) is 5.05. The van der Waals surface area contributed by atoms with Crippen LogP contribution in [0.3, 0.4) is 0 Å². The van der Waals surface area contributed by atoms with Crippen LogP contribution in [-0.2, 0) is 0 Å². The Balaban J connectivity index is 1.75. The number of aromatic carboxylic acids is 1. The number of nitrogens with zero attached hydrogens (tertiary/aromatic N) is 2. The zero-order valence-electron chi connectivity index (χ0n) is 14.8. The minimum absolute atomic E-state index is 0.00248. The van der Waals surface area contributed by atoms with Crippen LogP contribution in [0.4, 0.5) is 4.39 Å². The number of ether oxygens (including phenoxy) is 1. The molecule has 0 aliphatic rings. The van der Waals surface area contributed by atoms with Gasteiger partial charge < -0.3 is 9.84 Å². The maximum Gasteiger partial charge on any atom is 0.336 e. The first-order valence-corrected chi connectivity index (χ1v) is 9.46. The van der Waals surface area contributed by atoms with Crippen molar-refractivity contribution in [1.29, 1.82) is 0 Å². The Labute approximate surface area is 164 Å². The van der Waals surface area contributed by atoms with Gasteiger partial charge >= 0.3 is 5.97 Å². The highest BCUT2D eigenvalue weighted by Gasteiger charge is 2.16. The average molecular weight is 394 g/mol. The Morgan fingerprint density at radius 3 is 2.61 bits per heavy atom. The van der Waals surface area contributed by atoms with Crippen LogP contribution in [0.15, 0.2) is 53.9 Å². The number of benzene rings is 2. The SMILES string of the molecule is CCOc1ccc(-c2csc(-c3cc(C(=O)O)c4cc(F)ccc4n3)n2)cc1. The fraction of sp³-hybridized carbons (Fsp3) is 0.0952. The van der Waals surface area contributed by atoms with Crippen molar-refractivity contribution < 1.29 is 19.0 Å². The lowest BCUT2D eigenvalue weighted by molar-refractivity contribution is 0.0699. The van der Waals surface area contributed by atoms with Gasteiger partial charge in [0, 0.05) is 16.3 Å². The first-order valence-electron chi connectivity index (χ1n) is 8.58. The standard InChI is InChI=1S/C21H15FN2O3S/c1-2-27-14-6-3-12(4-7-14)19-11-28-20(24-19)18-10-16(21(25)26)15-9-13(22)5-8-17(15)23-18/h3-11H,2H2,1H3,(H,25,26). The summed E-state index contributed by atoms with van der Waals surface area (Å²) in [4.78, 5) is 20.7.